The Balaban J connectivity index is 1.64. The molecule has 5 nitrogen and oxygen atoms in total. The molecule has 0 unspecified atom stereocenters. The maximum Gasteiger partial charge on any atom is 0.291 e. The van der Waals surface area contributed by atoms with Crippen LogP contribution in [0, 0.1) is 0 Å². The van der Waals surface area contributed by atoms with Gasteiger partial charge in [0.15, 0.2) is 5.76 Å². The monoisotopic (exact) mass is 434 g/mol. The van der Waals surface area contributed by atoms with Crippen LogP contribution in [0.5, 0.6) is 0 Å². The number of hydrogen-bond acceptors (Lipinski definition) is 4. The molecule has 158 valence electrons. The third kappa shape index (κ3) is 3.99. The first kappa shape index (κ1) is 19.9. The summed E-state index contributed by atoms with van der Waals surface area (Å²) in [5, 5.41) is 4.62. The summed E-state index contributed by atoms with van der Waals surface area (Å²) in [5.41, 5.74) is 2.50. The quantitative estimate of drug-likeness (QED) is 0.389. The zero-order valence-corrected chi connectivity index (χ0v) is 17.8. The molecule has 0 radical (unpaired) electrons. The second kappa shape index (κ2) is 8.61. The number of amides is 1. The predicted molar refractivity (Wildman–Crippen MR) is 122 cm³/mol. The first-order chi connectivity index (χ1) is 15.2. The fourth-order valence-corrected chi connectivity index (χ4v) is 4.44. The number of halogens is 1. The normalized spacial score (nSPS) is 15.8. The molecule has 4 aromatic rings. The molecule has 1 aliphatic rings. The molecule has 2 aromatic heterocycles. The summed E-state index contributed by atoms with van der Waals surface area (Å²) in [6.45, 7) is 1.94. The van der Waals surface area contributed by atoms with Gasteiger partial charge in [-0.3, -0.25) is 9.69 Å². The number of nitrogens with one attached hydrogen (secondary N) is 1. The minimum absolute atomic E-state index is 0.128. The molecule has 0 saturated carbocycles. The van der Waals surface area contributed by atoms with Crippen molar-refractivity contribution in [2.24, 2.45) is 0 Å². The second-order valence-corrected chi connectivity index (χ2v) is 8.26. The Kier molecular flexibility index (Phi) is 5.53. The van der Waals surface area contributed by atoms with E-state index < -0.39 is 0 Å². The van der Waals surface area contributed by atoms with Crippen LogP contribution in [0.25, 0.3) is 11.0 Å². The first-order valence-corrected chi connectivity index (χ1v) is 10.9. The highest BCUT2D eigenvalue weighted by molar-refractivity contribution is 6.30. The van der Waals surface area contributed by atoms with Crippen molar-refractivity contribution in [3.8, 4) is 0 Å². The van der Waals surface area contributed by atoms with Crippen molar-refractivity contribution in [1.82, 2.24) is 4.90 Å². The van der Waals surface area contributed by atoms with Gasteiger partial charge < -0.3 is 14.2 Å². The van der Waals surface area contributed by atoms with E-state index in [0.717, 1.165) is 48.2 Å². The third-order valence-corrected chi connectivity index (χ3v) is 6.05. The van der Waals surface area contributed by atoms with E-state index in [1.54, 1.807) is 12.1 Å². The van der Waals surface area contributed by atoms with Gasteiger partial charge in [0.25, 0.3) is 5.91 Å². The van der Waals surface area contributed by atoms with Crippen LogP contribution in [0.2, 0.25) is 5.02 Å². The standard InChI is InChI=1S/C25H23ClN2O3/c26-18-12-10-17(11-13-18)23(28-14-4-1-5-15-28)24-22(19-7-2-3-8-20(19)31-24)27-25(29)21-9-6-16-30-21/h2-3,6-13,16,23H,1,4-5,14-15H2,(H,27,29)/t23-/m1/s1. The van der Waals surface area contributed by atoms with Gasteiger partial charge in [-0.1, -0.05) is 42.3 Å². The van der Waals surface area contributed by atoms with Crippen molar-refractivity contribution >= 4 is 34.2 Å². The van der Waals surface area contributed by atoms with Crippen LogP contribution in [0.1, 0.15) is 47.2 Å². The Hall–Kier alpha value is -3.02. The zero-order valence-electron chi connectivity index (χ0n) is 17.0. The number of nitrogens with zero attached hydrogens (tertiary/aromatic N) is 1. The number of hydrogen-bond donors (Lipinski definition) is 1. The lowest BCUT2D eigenvalue weighted by atomic mass is 9.98. The number of benzene rings is 2. The van der Waals surface area contributed by atoms with Crippen molar-refractivity contribution in [3.63, 3.8) is 0 Å². The summed E-state index contributed by atoms with van der Waals surface area (Å²) in [5.74, 6) is 0.689. The lowest BCUT2D eigenvalue weighted by Crippen LogP contribution is -2.34. The Labute approximate surface area is 185 Å². The van der Waals surface area contributed by atoms with Crippen LogP contribution < -0.4 is 5.32 Å². The van der Waals surface area contributed by atoms with Gasteiger partial charge in [0.05, 0.1) is 18.0 Å². The molecular formula is C25H23ClN2O3. The van der Waals surface area contributed by atoms with Gasteiger partial charge in [-0.15, -0.1) is 0 Å². The maximum atomic E-state index is 12.9. The molecule has 3 heterocycles. The van der Waals surface area contributed by atoms with Gasteiger partial charge >= 0.3 is 0 Å². The molecule has 6 heteroatoms. The molecule has 1 fully saturated rings. The number of furan rings is 2. The second-order valence-electron chi connectivity index (χ2n) is 7.82. The number of carbonyl (C=O) groups excluding carboxylic acids is 1. The average Bonchev–Trinajstić information content (AvgIpc) is 3.45. The van der Waals surface area contributed by atoms with Crippen molar-refractivity contribution < 1.29 is 13.6 Å². The summed E-state index contributed by atoms with van der Waals surface area (Å²) in [7, 11) is 0. The molecule has 0 aliphatic carbocycles. The lowest BCUT2D eigenvalue weighted by molar-refractivity contribution is 0.0996. The molecule has 1 atom stereocenters. The van der Waals surface area contributed by atoms with E-state index in [1.807, 2.05) is 48.5 Å². The highest BCUT2D eigenvalue weighted by atomic mass is 35.5. The number of para-hydroxylation sites is 1. The minimum atomic E-state index is -0.300. The zero-order chi connectivity index (χ0) is 21.2. The highest BCUT2D eigenvalue weighted by Gasteiger charge is 2.31. The van der Waals surface area contributed by atoms with Gasteiger partial charge in [-0.05, 0) is 67.9 Å². The summed E-state index contributed by atoms with van der Waals surface area (Å²) in [6, 6.07) is 18.9. The van der Waals surface area contributed by atoms with Crippen LogP contribution in [-0.2, 0) is 0 Å². The minimum Gasteiger partial charge on any atom is -0.459 e. The van der Waals surface area contributed by atoms with E-state index in [2.05, 4.69) is 10.2 Å². The fraction of sp³-hybridized carbons (Fsp3) is 0.240. The maximum absolute atomic E-state index is 12.9. The third-order valence-electron chi connectivity index (χ3n) is 5.80. The fourth-order valence-electron chi connectivity index (χ4n) is 4.32. The number of anilines is 1. The van der Waals surface area contributed by atoms with Crippen LogP contribution in [0.4, 0.5) is 5.69 Å². The molecule has 1 amide bonds. The molecule has 1 aliphatic heterocycles. The highest BCUT2D eigenvalue weighted by Crippen LogP contribution is 2.41. The lowest BCUT2D eigenvalue weighted by Gasteiger charge is -2.34. The number of fused-ring (bicyclic) bond motifs is 1. The summed E-state index contributed by atoms with van der Waals surface area (Å²) >= 11 is 6.17. The van der Waals surface area contributed by atoms with Crippen molar-refractivity contribution in [2.45, 2.75) is 25.3 Å². The van der Waals surface area contributed by atoms with E-state index in [1.165, 1.54) is 12.7 Å². The molecule has 2 aromatic carbocycles. The van der Waals surface area contributed by atoms with Crippen molar-refractivity contribution in [3.05, 3.63) is 89.0 Å². The van der Waals surface area contributed by atoms with Crippen LogP contribution in [-0.4, -0.2) is 23.9 Å². The Morgan fingerprint density at radius 3 is 2.48 bits per heavy atom. The van der Waals surface area contributed by atoms with Gasteiger partial charge in [-0.2, -0.15) is 0 Å². The predicted octanol–water partition coefficient (Wildman–Crippen LogP) is 6.51. The Morgan fingerprint density at radius 2 is 1.74 bits per heavy atom. The van der Waals surface area contributed by atoms with E-state index in [0.29, 0.717) is 10.7 Å². The van der Waals surface area contributed by atoms with Gasteiger partial charge in [-0.25, -0.2) is 0 Å². The summed E-state index contributed by atoms with van der Waals surface area (Å²) in [4.78, 5) is 15.3. The first-order valence-electron chi connectivity index (χ1n) is 10.6. The smallest absolute Gasteiger partial charge is 0.291 e. The molecule has 31 heavy (non-hydrogen) atoms. The SMILES string of the molecule is O=C(Nc1c([C@@H](c2ccc(Cl)cc2)N2CCCCC2)oc2ccccc12)c1ccco1. The molecule has 0 bridgehead atoms. The average molecular weight is 435 g/mol. The Morgan fingerprint density at radius 1 is 0.968 bits per heavy atom. The molecular weight excluding hydrogens is 412 g/mol. The number of carbonyl (C=O) groups is 1. The number of likely N-dealkylation sites (tertiary alicyclic amines) is 1. The largest absolute Gasteiger partial charge is 0.459 e. The number of piperidine rings is 1. The van der Waals surface area contributed by atoms with Crippen molar-refractivity contribution in [1.29, 1.82) is 0 Å². The van der Waals surface area contributed by atoms with E-state index in [4.69, 9.17) is 20.4 Å². The van der Waals surface area contributed by atoms with Gasteiger partial charge in [0.2, 0.25) is 0 Å². The van der Waals surface area contributed by atoms with Crippen LogP contribution in [0.15, 0.2) is 75.8 Å². The molecule has 1 N–H and O–H groups in total. The molecule has 5 rings (SSSR count). The van der Waals surface area contributed by atoms with E-state index in [-0.39, 0.29) is 17.7 Å². The van der Waals surface area contributed by atoms with Crippen LogP contribution in [0.3, 0.4) is 0 Å². The van der Waals surface area contributed by atoms with Gasteiger partial charge in [0, 0.05) is 10.4 Å². The molecule has 0 spiro atoms. The van der Waals surface area contributed by atoms with Crippen molar-refractivity contribution in [2.75, 3.05) is 18.4 Å². The van der Waals surface area contributed by atoms with Gasteiger partial charge in [0.1, 0.15) is 11.3 Å². The Bertz CT molecular complexity index is 1180. The summed E-state index contributed by atoms with van der Waals surface area (Å²) in [6.07, 6.45) is 5.00. The summed E-state index contributed by atoms with van der Waals surface area (Å²) < 4.78 is 11.7. The van der Waals surface area contributed by atoms with E-state index >= 15 is 0 Å². The van der Waals surface area contributed by atoms with Crippen LogP contribution >= 0.6 is 11.6 Å². The molecule has 1 saturated heterocycles. The topological polar surface area (TPSA) is 58.6 Å². The van der Waals surface area contributed by atoms with E-state index in [9.17, 15) is 4.79 Å². The number of rotatable bonds is 5.